The fraction of sp³-hybridized carbons (Fsp3) is 0.160. The lowest BCUT2D eigenvalue weighted by Gasteiger charge is -2.30. The van der Waals surface area contributed by atoms with Gasteiger partial charge in [0.1, 0.15) is 0 Å². The van der Waals surface area contributed by atoms with Gasteiger partial charge in [-0.1, -0.05) is 48.0 Å². The van der Waals surface area contributed by atoms with Crippen LogP contribution in [0.3, 0.4) is 0 Å². The van der Waals surface area contributed by atoms with Crippen molar-refractivity contribution in [3.05, 3.63) is 110 Å². The minimum atomic E-state index is -0.486. The molecule has 7 heteroatoms. The lowest BCUT2D eigenvalue weighted by molar-refractivity contribution is -0.384. The molecular weight excluding hydrogens is 426 g/mol. The van der Waals surface area contributed by atoms with Crippen molar-refractivity contribution >= 4 is 34.4 Å². The van der Waals surface area contributed by atoms with Gasteiger partial charge in [-0.3, -0.25) is 14.9 Å². The standard InChI is InChI=1S/C25H20ClN3O3/c26-18-10-8-15(9-11-18)17-13-22-24(23(30)14-17)25(16-4-3-5-19(12-16)29(31)32)28-21-7-2-1-6-20(21)27-22/h1-12,17,25,27-28H,13-14H2. The molecule has 160 valence electrons. The first-order chi connectivity index (χ1) is 15.5. The van der Waals surface area contributed by atoms with E-state index in [-0.39, 0.29) is 17.4 Å². The van der Waals surface area contributed by atoms with Gasteiger partial charge < -0.3 is 10.6 Å². The van der Waals surface area contributed by atoms with Gasteiger partial charge in [0.2, 0.25) is 0 Å². The van der Waals surface area contributed by atoms with Gasteiger partial charge in [0.15, 0.2) is 5.78 Å². The van der Waals surface area contributed by atoms with Crippen LogP contribution in [0.5, 0.6) is 0 Å². The van der Waals surface area contributed by atoms with E-state index in [1.807, 2.05) is 54.6 Å². The van der Waals surface area contributed by atoms with Crippen molar-refractivity contribution < 1.29 is 9.72 Å². The van der Waals surface area contributed by atoms with Crippen molar-refractivity contribution in [2.75, 3.05) is 10.6 Å². The van der Waals surface area contributed by atoms with Crippen molar-refractivity contribution in [1.82, 2.24) is 0 Å². The second kappa shape index (κ2) is 8.13. The molecule has 3 aromatic carbocycles. The van der Waals surface area contributed by atoms with E-state index in [9.17, 15) is 14.9 Å². The van der Waals surface area contributed by atoms with E-state index in [0.717, 1.165) is 22.6 Å². The Morgan fingerprint density at radius 1 is 0.906 bits per heavy atom. The van der Waals surface area contributed by atoms with Gasteiger partial charge in [-0.05, 0) is 47.7 Å². The molecule has 0 bridgehead atoms. The summed E-state index contributed by atoms with van der Waals surface area (Å²) in [5.41, 5.74) is 4.94. The number of nitro groups is 1. The number of nitro benzene ring substituents is 1. The van der Waals surface area contributed by atoms with Crippen LogP contribution in [0.4, 0.5) is 17.1 Å². The number of nitrogens with zero attached hydrogens (tertiary/aromatic N) is 1. The minimum absolute atomic E-state index is 0.000703. The van der Waals surface area contributed by atoms with Crippen LogP contribution in [-0.4, -0.2) is 10.7 Å². The summed E-state index contributed by atoms with van der Waals surface area (Å²) >= 11 is 6.04. The number of nitrogens with one attached hydrogen (secondary N) is 2. The van der Waals surface area contributed by atoms with Crippen LogP contribution >= 0.6 is 11.6 Å². The maximum absolute atomic E-state index is 13.5. The molecule has 0 radical (unpaired) electrons. The van der Waals surface area contributed by atoms with E-state index in [0.29, 0.717) is 29.0 Å². The van der Waals surface area contributed by atoms with Crippen molar-refractivity contribution in [3.63, 3.8) is 0 Å². The highest BCUT2D eigenvalue weighted by Gasteiger charge is 2.36. The summed E-state index contributed by atoms with van der Waals surface area (Å²) in [6.45, 7) is 0. The Kier molecular flexibility index (Phi) is 5.15. The number of carbonyl (C=O) groups is 1. The summed E-state index contributed by atoms with van der Waals surface area (Å²) in [6, 6.07) is 21.3. The number of halogens is 1. The van der Waals surface area contributed by atoms with Gasteiger partial charge in [-0.2, -0.15) is 0 Å². The van der Waals surface area contributed by atoms with Crippen LogP contribution < -0.4 is 10.6 Å². The van der Waals surface area contributed by atoms with Crippen LogP contribution in [0.25, 0.3) is 0 Å². The van der Waals surface area contributed by atoms with Crippen molar-refractivity contribution in [3.8, 4) is 0 Å². The summed E-state index contributed by atoms with van der Waals surface area (Å²) < 4.78 is 0. The Morgan fingerprint density at radius 2 is 1.66 bits per heavy atom. The molecule has 0 saturated carbocycles. The molecule has 5 rings (SSSR count). The fourth-order valence-electron chi connectivity index (χ4n) is 4.53. The van der Waals surface area contributed by atoms with Crippen LogP contribution in [0.1, 0.15) is 35.9 Å². The summed E-state index contributed by atoms with van der Waals surface area (Å²) in [4.78, 5) is 24.4. The summed E-state index contributed by atoms with van der Waals surface area (Å²) in [5.74, 6) is 0.0533. The number of anilines is 2. The Labute approximate surface area is 190 Å². The van der Waals surface area contributed by atoms with E-state index in [1.165, 1.54) is 12.1 Å². The second-order valence-corrected chi connectivity index (χ2v) is 8.51. The number of rotatable bonds is 3. The molecule has 6 nitrogen and oxygen atoms in total. The highest BCUT2D eigenvalue weighted by Crippen LogP contribution is 2.44. The van der Waals surface area contributed by atoms with Crippen LogP contribution in [0, 0.1) is 10.1 Å². The quantitative estimate of drug-likeness (QED) is 0.369. The zero-order chi connectivity index (χ0) is 22.2. The smallest absolute Gasteiger partial charge is 0.269 e. The number of fused-ring (bicyclic) bond motifs is 1. The molecule has 32 heavy (non-hydrogen) atoms. The predicted octanol–water partition coefficient (Wildman–Crippen LogP) is 6.23. The van der Waals surface area contributed by atoms with Gasteiger partial charge in [0.25, 0.3) is 5.69 Å². The van der Waals surface area contributed by atoms with Gasteiger partial charge in [0.05, 0.1) is 22.3 Å². The monoisotopic (exact) mass is 445 g/mol. The molecule has 2 unspecified atom stereocenters. The second-order valence-electron chi connectivity index (χ2n) is 8.07. The fourth-order valence-corrected chi connectivity index (χ4v) is 4.66. The van der Waals surface area contributed by atoms with E-state index < -0.39 is 11.0 Å². The van der Waals surface area contributed by atoms with Crippen molar-refractivity contribution in [2.24, 2.45) is 0 Å². The molecule has 3 aromatic rings. The minimum Gasteiger partial charge on any atom is -0.372 e. The molecular formula is C25H20ClN3O3. The molecule has 2 N–H and O–H groups in total. The molecule has 1 aliphatic heterocycles. The molecule has 2 aliphatic rings. The third-order valence-electron chi connectivity index (χ3n) is 6.06. The molecule has 2 atom stereocenters. The number of ketones is 1. The SMILES string of the molecule is O=C1CC(c2ccc(Cl)cc2)CC2=C1C(c1cccc([N+](=O)[O-])c1)Nc1ccccc1N2. The van der Waals surface area contributed by atoms with E-state index in [2.05, 4.69) is 10.6 Å². The number of hydrogen-bond donors (Lipinski definition) is 2. The van der Waals surface area contributed by atoms with Gasteiger partial charge >= 0.3 is 0 Å². The predicted molar refractivity (Wildman–Crippen MR) is 125 cm³/mol. The van der Waals surface area contributed by atoms with Crippen LogP contribution in [0.15, 0.2) is 84.1 Å². The summed E-state index contributed by atoms with van der Waals surface area (Å²) in [6.07, 6.45) is 1.02. The Hall–Kier alpha value is -3.64. The number of non-ortho nitro benzene ring substituents is 1. The van der Waals surface area contributed by atoms with Crippen LogP contribution in [0.2, 0.25) is 5.02 Å². The van der Waals surface area contributed by atoms with E-state index in [1.54, 1.807) is 6.07 Å². The highest BCUT2D eigenvalue weighted by molar-refractivity contribution is 6.30. The lowest BCUT2D eigenvalue weighted by Crippen LogP contribution is -2.26. The summed E-state index contributed by atoms with van der Waals surface area (Å²) in [5, 5.41) is 18.9. The summed E-state index contributed by atoms with van der Waals surface area (Å²) in [7, 11) is 0. The number of carbonyl (C=O) groups excluding carboxylic acids is 1. The largest absolute Gasteiger partial charge is 0.372 e. The molecule has 0 spiro atoms. The average molecular weight is 446 g/mol. The lowest BCUT2D eigenvalue weighted by atomic mass is 9.78. The van der Waals surface area contributed by atoms with Crippen LogP contribution in [-0.2, 0) is 4.79 Å². The van der Waals surface area contributed by atoms with Gasteiger partial charge in [-0.25, -0.2) is 0 Å². The number of Topliss-reactive ketones (excluding diaryl/α,β-unsaturated/α-hetero) is 1. The maximum atomic E-state index is 13.5. The zero-order valence-corrected chi connectivity index (χ0v) is 17.8. The number of allylic oxidation sites excluding steroid dienone is 1. The highest BCUT2D eigenvalue weighted by atomic mass is 35.5. The van der Waals surface area contributed by atoms with Gasteiger partial charge in [0, 0.05) is 34.8 Å². The average Bonchev–Trinajstić information content (AvgIpc) is 2.96. The molecule has 1 aliphatic carbocycles. The third kappa shape index (κ3) is 3.74. The van der Waals surface area contributed by atoms with Crippen molar-refractivity contribution in [2.45, 2.75) is 24.8 Å². The van der Waals surface area contributed by atoms with E-state index in [4.69, 9.17) is 11.6 Å². The third-order valence-corrected chi connectivity index (χ3v) is 6.32. The maximum Gasteiger partial charge on any atom is 0.269 e. The normalized spacial score (nSPS) is 19.8. The zero-order valence-electron chi connectivity index (χ0n) is 17.0. The molecule has 0 fully saturated rings. The topological polar surface area (TPSA) is 84.3 Å². The van der Waals surface area contributed by atoms with E-state index >= 15 is 0 Å². The number of hydrogen-bond acceptors (Lipinski definition) is 5. The molecule has 0 saturated heterocycles. The first-order valence-electron chi connectivity index (χ1n) is 10.4. The molecule has 0 aromatic heterocycles. The Balaban J connectivity index is 1.61. The van der Waals surface area contributed by atoms with Gasteiger partial charge in [-0.15, -0.1) is 0 Å². The Morgan fingerprint density at radius 3 is 2.41 bits per heavy atom. The molecule has 0 amide bonds. The first kappa shape index (κ1) is 20.3. The first-order valence-corrected chi connectivity index (χ1v) is 10.8. The number of para-hydroxylation sites is 2. The van der Waals surface area contributed by atoms with Crippen molar-refractivity contribution in [1.29, 1.82) is 0 Å². The molecule has 1 heterocycles. The Bertz CT molecular complexity index is 1250. The number of benzene rings is 3.